The molecule has 3 aromatic rings. The summed E-state index contributed by atoms with van der Waals surface area (Å²) in [6, 6.07) is 19.9. The SMILES string of the molecule is CC[C@@H](Oc1ccc(C)c(C)c1)C(=O)Nc1ccc2ccccc2c1. The highest BCUT2D eigenvalue weighted by molar-refractivity contribution is 5.96. The lowest BCUT2D eigenvalue weighted by Gasteiger charge is -2.18. The van der Waals surface area contributed by atoms with Crippen LogP contribution >= 0.6 is 0 Å². The van der Waals surface area contributed by atoms with Crippen molar-refractivity contribution in [2.24, 2.45) is 0 Å². The van der Waals surface area contributed by atoms with Crippen molar-refractivity contribution in [1.82, 2.24) is 0 Å². The molecule has 1 amide bonds. The van der Waals surface area contributed by atoms with Crippen LogP contribution in [0.3, 0.4) is 0 Å². The highest BCUT2D eigenvalue weighted by Crippen LogP contribution is 2.21. The zero-order chi connectivity index (χ0) is 17.8. The number of ether oxygens (including phenoxy) is 1. The second-order valence-electron chi connectivity index (χ2n) is 6.31. The van der Waals surface area contributed by atoms with Crippen LogP contribution in [0.2, 0.25) is 0 Å². The van der Waals surface area contributed by atoms with Crippen molar-refractivity contribution in [2.45, 2.75) is 33.3 Å². The molecule has 0 aliphatic heterocycles. The van der Waals surface area contributed by atoms with E-state index < -0.39 is 6.10 Å². The Bertz CT molecular complexity index is 901. The van der Waals surface area contributed by atoms with Crippen molar-refractivity contribution in [3.63, 3.8) is 0 Å². The number of carbonyl (C=O) groups is 1. The molecule has 128 valence electrons. The summed E-state index contributed by atoms with van der Waals surface area (Å²) in [6.45, 7) is 6.05. The molecule has 0 bridgehead atoms. The average molecular weight is 333 g/mol. The number of hydrogen-bond donors (Lipinski definition) is 1. The zero-order valence-electron chi connectivity index (χ0n) is 14.9. The van der Waals surface area contributed by atoms with Gasteiger partial charge in [-0.2, -0.15) is 0 Å². The van der Waals surface area contributed by atoms with E-state index in [1.165, 1.54) is 5.56 Å². The van der Waals surface area contributed by atoms with Gasteiger partial charge in [-0.25, -0.2) is 0 Å². The number of amides is 1. The minimum absolute atomic E-state index is 0.129. The predicted molar refractivity (Wildman–Crippen MR) is 103 cm³/mol. The molecule has 3 aromatic carbocycles. The van der Waals surface area contributed by atoms with E-state index in [0.29, 0.717) is 6.42 Å². The summed E-state index contributed by atoms with van der Waals surface area (Å²) in [5.41, 5.74) is 3.15. The zero-order valence-corrected chi connectivity index (χ0v) is 14.9. The van der Waals surface area contributed by atoms with Crippen molar-refractivity contribution in [1.29, 1.82) is 0 Å². The number of anilines is 1. The third-order valence-electron chi connectivity index (χ3n) is 4.44. The monoisotopic (exact) mass is 333 g/mol. The van der Waals surface area contributed by atoms with Crippen molar-refractivity contribution < 1.29 is 9.53 Å². The van der Waals surface area contributed by atoms with Gasteiger partial charge in [0.15, 0.2) is 6.10 Å². The normalized spacial score (nSPS) is 12.0. The van der Waals surface area contributed by atoms with Crippen LogP contribution in [0.5, 0.6) is 5.75 Å². The first-order valence-corrected chi connectivity index (χ1v) is 8.60. The van der Waals surface area contributed by atoms with Crippen LogP contribution in [0, 0.1) is 13.8 Å². The lowest BCUT2D eigenvalue weighted by Crippen LogP contribution is -2.32. The summed E-state index contributed by atoms with van der Waals surface area (Å²) < 4.78 is 5.91. The van der Waals surface area contributed by atoms with Gasteiger partial charge in [0, 0.05) is 5.69 Å². The second kappa shape index (κ2) is 7.39. The highest BCUT2D eigenvalue weighted by atomic mass is 16.5. The molecular formula is C22H23NO2. The van der Waals surface area contributed by atoms with E-state index in [1.807, 2.05) is 68.4 Å². The molecule has 3 heteroatoms. The van der Waals surface area contributed by atoms with Crippen LogP contribution < -0.4 is 10.1 Å². The van der Waals surface area contributed by atoms with E-state index in [1.54, 1.807) is 0 Å². The van der Waals surface area contributed by atoms with E-state index in [-0.39, 0.29) is 5.91 Å². The Hall–Kier alpha value is -2.81. The van der Waals surface area contributed by atoms with Crippen LogP contribution in [0.15, 0.2) is 60.7 Å². The Morgan fingerprint density at radius 1 is 0.960 bits per heavy atom. The van der Waals surface area contributed by atoms with Gasteiger partial charge in [-0.3, -0.25) is 4.79 Å². The quantitative estimate of drug-likeness (QED) is 0.692. The summed E-state index contributed by atoms with van der Waals surface area (Å²) in [7, 11) is 0. The van der Waals surface area contributed by atoms with E-state index in [4.69, 9.17) is 4.74 Å². The number of nitrogens with one attached hydrogen (secondary N) is 1. The van der Waals surface area contributed by atoms with Gasteiger partial charge in [-0.05, 0) is 66.4 Å². The van der Waals surface area contributed by atoms with Crippen molar-refractivity contribution in [3.05, 3.63) is 71.8 Å². The first kappa shape index (κ1) is 17.0. The van der Waals surface area contributed by atoms with Crippen molar-refractivity contribution in [2.75, 3.05) is 5.32 Å². The Morgan fingerprint density at radius 3 is 2.44 bits per heavy atom. The molecule has 0 aliphatic carbocycles. The summed E-state index contributed by atoms with van der Waals surface area (Å²) in [6.07, 6.45) is 0.0837. The van der Waals surface area contributed by atoms with Gasteiger partial charge in [-0.15, -0.1) is 0 Å². The molecule has 0 saturated carbocycles. The molecule has 1 N–H and O–H groups in total. The van der Waals surface area contributed by atoms with E-state index in [2.05, 4.69) is 18.3 Å². The molecule has 0 aliphatic rings. The summed E-state index contributed by atoms with van der Waals surface area (Å²) in [5, 5.41) is 5.22. The fourth-order valence-electron chi connectivity index (χ4n) is 2.76. The van der Waals surface area contributed by atoms with E-state index in [0.717, 1.165) is 27.8 Å². The minimum atomic E-state index is -0.520. The van der Waals surface area contributed by atoms with Crippen LogP contribution in [0.1, 0.15) is 24.5 Å². The van der Waals surface area contributed by atoms with E-state index in [9.17, 15) is 4.79 Å². The number of benzene rings is 3. The maximum atomic E-state index is 12.6. The molecule has 0 heterocycles. The minimum Gasteiger partial charge on any atom is -0.481 e. The molecule has 0 radical (unpaired) electrons. The molecule has 0 fully saturated rings. The summed E-state index contributed by atoms with van der Waals surface area (Å²) in [5.74, 6) is 0.597. The van der Waals surface area contributed by atoms with Crippen LogP contribution in [-0.4, -0.2) is 12.0 Å². The van der Waals surface area contributed by atoms with Gasteiger partial charge >= 0.3 is 0 Å². The predicted octanol–water partition coefficient (Wildman–Crippen LogP) is 5.25. The molecular weight excluding hydrogens is 310 g/mol. The molecule has 0 saturated heterocycles. The molecule has 0 aromatic heterocycles. The maximum Gasteiger partial charge on any atom is 0.265 e. The van der Waals surface area contributed by atoms with Crippen LogP contribution in [0.4, 0.5) is 5.69 Å². The summed E-state index contributed by atoms with van der Waals surface area (Å²) >= 11 is 0. The van der Waals surface area contributed by atoms with Gasteiger partial charge < -0.3 is 10.1 Å². The third kappa shape index (κ3) is 4.00. The number of hydrogen-bond acceptors (Lipinski definition) is 2. The standard InChI is InChI=1S/C22H23NO2/c1-4-21(25-20-12-9-15(2)16(3)13-20)22(24)23-19-11-10-17-7-5-6-8-18(17)14-19/h5-14,21H,4H2,1-3H3,(H,23,24)/t21-/m1/s1. The maximum absolute atomic E-state index is 12.6. The van der Waals surface area contributed by atoms with Crippen molar-refractivity contribution in [3.8, 4) is 5.75 Å². The summed E-state index contributed by atoms with van der Waals surface area (Å²) in [4.78, 5) is 12.6. The third-order valence-corrected chi connectivity index (χ3v) is 4.44. The Balaban J connectivity index is 1.73. The molecule has 25 heavy (non-hydrogen) atoms. The van der Waals surface area contributed by atoms with Gasteiger partial charge in [0.25, 0.3) is 5.91 Å². The van der Waals surface area contributed by atoms with Crippen LogP contribution in [-0.2, 0) is 4.79 Å². The second-order valence-corrected chi connectivity index (χ2v) is 6.31. The van der Waals surface area contributed by atoms with Gasteiger partial charge in [0.1, 0.15) is 5.75 Å². The topological polar surface area (TPSA) is 38.3 Å². The fourth-order valence-corrected chi connectivity index (χ4v) is 2.76. The lowest BCUT2D eigenvalue weighted by atomic mass is 10.1. The first-order chi connectivity index (χ1) is 12.1. The average Bonchev–Trinajstić information content (AvgIpc) is 2.62. The lowest BCUT2D eigenvalue weighted by molar-refractivity contribution is -0.122. The number of rotatable bonds is 5. The Labute approximate surface area is 148 Å². The molecule has 3 nitrogen and oxygen atoms in total. The Kier molecular flexibility index (Phi) is 5.03. The molecule has 0 spiro atoms. The van der Waals surface area contributed by atoms with Gasteiger partial charge in [0.05, 0.1) is 0 Å². The number of aryl methyl sites for hydroxylation is 2. The van der Waals surface area contributed by atoms with E-state index >= 15 is 0 Å². The van der Waals surface area contributed by atoms with Gasteiger partial charge in [-0.1, -0.05) is 43.3 Å². The number of fused-ring (bicyclic) bond motifs is 1. The largest absolute Gasteiger partial charge is 0.481 e. The fraction of sp³-hybridized carbons (Fsp3) is 0.227. The first-order valence-electron chi connectivity index (χ1n) is 8.60. The van der Waals surface area contributed by atoms with Gasteiger partial charge in [0.2, 0.25) is 0 Å². The number of carbonyl (C=O) groups excluding carboxylic acids is 1. The van der Waals surface area contributed by atoms with Crippen LogP contribution in [0.25, 0.3) is 10.8 Å². The molecule has 1 atom stereocenters. The molecule has 0 unspecified atom stereocenters. The smallest absolute Gasteiger partial charge is 0.265 e. The molecule has 3 rings (SSSR count). The van der Waals surface area contributed by atoms with Crippen molar-refractivity contribution >= 4 is 22.4 Å². The Morgan fingerprint density at radius 2 is 1.72 bits per heavy atom. The highest BCUT2D eigenvalue weighted by Gasteiger charge is 2.18.